The van der Waals surface area contributed by atoms with Crippen molar-refractivity contribution in [3.63, 3.8) is 0 Å². The Balaban J connectivity index is 2.56. The highest BCUT2D eigenvalue weighted by Gasteiger charge is 2.18. The van der Waals surface area contributed by atoms with Gasteiger partial charge in [0, 0.05) is 18.0 Å². The van der Waals surface area contributed by atoms with E-state index in [-0.39, 0.29) is 6.61 Å². The third-order valence-corrected chi connectivity index (χ3v) is 1.44. The Morgan fingerprint density at radius 2 is 2.55 bits per heavy atom. The summed E-state index contributed by atoms with van der Waals surface area (Å²) in [6.45, 7) is 1.71. The van der Waals surface area contributed by atoms with Gasteiger partial charge in [0.15, 0.2) is 0 Å². The maximum atomic E-state index is 8.81. The molecule has 1 heterocycles. The molecule has 3 N–H and O–H groups in total. The van der Waals surface area contributed by atoms with Crippen LogP contribution in [0.25, 0.3) is 0 Å². The van der Waals surface area contributed by atoms with E-state index >= 15 is 0 Å². The van der Waals surface area contributed by atoms with Crippen molar-refractivity contribution in [2.75, 3.05) is 6.61 Å². The summed E-state index contributed by atoms with van der Waals surface area (Å²) in [6, 6.07) is 1.74. The Hall–Kier alpha value is -0.870. The maximum absolute atomic E-state index is 8.81. The highest BCUT2D eigenvalue weighted by Crippen LogP contribution is 2.07. The van der Waals surface area contributed by atoms with E-state index in [1.54, 1.807) is 13.0 Å². The summed E-state index contributed by atoms with van der Waals surface area (Å²) in [5.41, 5.74) is 5.84. The van der Waals surface area contributed by atoms with E-state index < -0.39 is 5.54 Å². The van der Waals surface area contributed by atoms with Gasteiger partial charge in [0.05, 0.1) is 12.3 Å². The fraction of sp³-hybridized carbons (Fsp3) is 0.571. The molecule has 62 valence electrons. The summed E-state index contributed by atoms with van der Waals surface area (Å²) >= 11 is 0. The van der Waals surface area contributed by atoms with Crippen molar-refractivity contribution in [1.29, 1.82) is 0 Å². The second-order valence-corrected chi connectivity index (χ2v) is 2.98. The van der Waals surface area contributed by atoms with Gasteiger partial charge in [-0.15, -0.1) is 0 Å². The zero-order valence-corrected chi connectivity index (χ0v) is 6.45. The van der Waals surface area contributed by atoms with Crippen molar-refractivity contribution in [3.05, 3.63) is 18.0 Å². The van der Waals surface area contributed by atoms with Gasteiger partial charge in [-0.25, -0.2) is 0 Å². The van der Waals surface area contributed by atoms with Gasteiger partial charge in [0.2, 0.25) is 0 Å². The molecule has 0 aliphatic carbocycles. The predicted octanol–water partition coefficient (Wildman–Crippen LogP) is -0.0732. The smallest absolute Gasteiger partial charge is 0.124 e. The molecular formula is C7H12N2O2. The molecule has 11 heavy (non-hydrogen) atoms. The average Bonchev–Trinajstić information content (AvgIpc) is 2.39. The van der Waals surface area contributed by atoms with E-state index in [2.05, 4.69) is 9.68 Å². The molecule has 0 radical (unpaired) electrons. The first kappa shape index (κ1) is 8.23. The van der Waals surface area contributed by atoms with Gasteiger partial charge in [-0.05, 0) is 6.92 Å². The van der Waals surface area contributed by atoms with Gasteiger partial charge in [0.25, 0.3) is 0 Å². The van der Waals surface area contributed by atoms with Crippen LogP contribution < -0.4 is 5.73 Å². The number of nitrogens with two attached hydrogens (primary N) is 1. The molecule has 0 fully saturated rings. The summed E-state index contributed by atoms with van der Waals surface area (Å²) in [4.78, 5) is 0. The van der Waals surface area contributed by atoms with Crippen LogP contribution in [-0.2, 0) is 6.42 Å². The average molecular weight is 156 g/mol. The Morgan fingerprint density at radius 1 is 1.82 bits per heavy atom. The second-order valence-electron chi connectivity index (χ2n) is 2.98. The van der Waals surface area contributed by atoms with Crippen molar-refractivity contribution in [3.8, 4) is 0 Å². The molecule has 0 aromatic carbocycles. The fourth-order valence-electron chi connectivity index (χ4n) is 0.798. The molecule has 1 atom stereocenters. The number of nitrogens with zero attached hydrogens (tertiary/aromatic N) is 1. The summed E-state index contributed by atoms with van der Waals surface area (Å²) in [5, 5.41) is 12.5. The normalized spacial score (nSPS) is 16.3. The number of hydrogen-bond donors (Lipinski definition) is 2. The van der Waals surface area contributed by atoms with E-state index in [0.717, 1.165) is 5.69 Å². The lowest BCUT2D eigenvalue weighted by atomic mass is 9.99. The van der Waals surface area contributed by atoms with Crippen molar-refractivity contribution in [2.24, 2.45) is 5.73 Å². The summed E-state index contributed by atoms with van der Waals surface area (Å²) in [5.74, 6) is 0. The molecule has 0 amide bonds. The number of aromatic nitrogens is 1. The number of rotatable bonds is 3. The Kier molecular flexibility index (Phi) is 2.26. The molecule has 0 saturated carbocycles. The zero-order valence-electron chi connectivity index (χ0n) is 6.45. The molecule has 1 rings (SSSR count). The minimum absolute atomic E-state index is 0.0557. The Bertz CT molecular complexity index is 206. The lowest BCUT2D eigenvalue weighted by molar-refractivity contribution is 0.206. The fourth-order valence-corrected chi connectivity index (χ4v) is 0.798. The van der Waals surface area contributed by atoms with Gasteiger partial charge < -0.3 is 15.4 Å². The molecular weight excluding hydrogens is 144 g/mol. The van der Waals surface area contributed by atoms with Crippen LogP contribution >= 0.6 is 0 Å². The molecule has 0 aliphatic rings. The molecule has 4 heteroatoms. The highest BCUT2D eigenvalue weighted by molar-refractivity contribution is 5.01. The molecule has 0 bridgehead atoms. The van der Waals surface area contributed by atoms with Gasteiger partial charge >= 0.3 is 0 Å². The standard InChI is InChI=1S/C7H12N2O2/c1-7(8,5-10)4-6-2-3-11-9-6/h2-3,10H,4-5,8H2,1H3. The van der Waals surface area contributed by atoms with Crippen molar-refractivity contribution in [1.82, 2.24) is 5.16 Å². The van der Waals surface area contributed by atoms with E-state index in [0.29, 0.717) is 6.42 Å². The topological polar surface area (TPSA) is 72.3 Å². The van der Waals surface area contributed by atoms with Crippen LogP contribution in [0.5, 0.6) is 0 Å². The molecule has 0 spiro atoms. The summed E-state index contributed by atoms with van der Waals surface area (Å²) < 4.78 is 4.62. The minimum atomic E-state index is -0.600. The third-order valence-electron chi connectivity index (χ3n) is 1.44. The monoisotopic (exact) mass is 156 g/mol. The van der Waals surface area contributed by atoms with E-state index in [1.165, 1.54) is 6.26 Å². The van der Waals surface area contributed by atoms with Crippen LogP contribution in [0.3, 0.4) is 0 Å². The number of aliphatic hydroxyl groups is 1. The largest absolute Gasteiger partial charge is 0.394 e. The summed E-state index contributed by atoms with van der Waals surface area (Å²) in [7, 11) is 0. The second kappa shape index (κ2) is 3.02. The molecule has 0 saturated heterocycles. The SMILES string of the molecule is CC(N)(CO)Cc1ccon1. The lowest BCUT2D eigenvalue weighted by Gasteiger charge is -2.19. The van der Waals surface area contributed by atoms with Crippen LogP contribution in [0.15, 0.2) is 16.9 Å². The molecule has 1 aromatic rings. The summed E-state index contributed by atoms with van der Waals surface area (Å²) in [6.07, 6.45) is 2.02. The van der Waals surface area contributed by atoms with E-state index in [9.17, 15) is 0 Å². The van der Waals surface area contributed by atoms with Crippen molar-refractivity contribution in [2.45, 2.75) is 18.9 Å². The molecule has 1 unspecified atom stereocenters. The molecule has 4 nitrogen and oxygen atoms in total. The van der Waals surface area contributed by atoms with Gasteiger partial charge in [-0.1, -0.05) is 5.16 Å². The van der Waals surface area contributed by atoms with Crippen LogP contribution in [0, 0.1) is 0 Å². The first-order chi connectivity index (χ1) is 5.14. The van der Waals surface area contributed by atoms with Crippen molar-refractivity contribution >= 4 is 0 Å². The van der Waals surface area contributed by atoms with Crippen molar-refractivity contribution < 1.29 is 9.63 Å². The third kappa shape index (κ3) is 2.32. The first-order valence-electron chi connectivity index (χ1n) is 3.43. The quantitative estimate of drug-likeness (QED) is 0.642. The van der Waals surface area contributed by atoms with Gasteiger partial charge in [0.1, 0.15) is 6.26 Å². The van der Waals surface area contributed by atoms with Crippen LogP contribution in [0.2, 0.25) is 0 Å². The Morgan fingerprint density at radius 3 is 3.00 bits per heavy atom. The first-order valence-corrected chi connectivity index (χ1v) is 3.43. The minimum Gasteiger partial charge on any atom is -0.394 e. The van der Waals surface area contributed by atoms with E-state index in [1.807, 2.05) is 0 Å². The highest BCUT2D eigenvalue weighted by atomic mass is 16.5. The Labute approximate surface area is 65.0 Å². The number of hydrogen-bond acceptors (Lipinski definition) is 4. The molecule has 1 aromatic heterocycles. The maximum Gasteiger partial charge on any atom is 0.124 e. The number of aliphatic hydroxyl groups excluding tert-OH is 1. The van der Waals surface area contributed by atoms with Crippen LogP contribution in [0.1, 0.15) is 12.6 Å². The van der Waals surface area contributed by atoms with Crippen LogP contribution in [-0.4, -0.2) is 22.4 Å². The van der Waals surface area contributed by atoms with E-state index in [4.69, 9.17) is 10.8 Å². The zero-order chi connectivity index (χ0) is 8.32. The predicted molar refractivity (Wildman–Crippen MR) is 39.9 cm³/mol. The van der Waals surface area contributed by atoms with Crippen LogP contribution in [0.4, 0.5) is 0 Å². The molecule has 0 aliphatic heterocycles. The van der Waals surface area contributed by atoms with Gasteiger partial charge in [-0.3, -0.25) is 0 Å². The lowest BCUT2D eigenvalue weighted by Crippen LogP contribution is -2.42. The van der Waals surface area contributed by atoms with Gasteiger partial charge in [-0.2, -0.15) is 0 Å².